The average molecular weight is 358 g/mol. The van der Waals surface area contributed by atoms with Crippen LogP contribution in [-0.4, -0.2) is 10.5 Å². The van der Waals surface area contributed by atoms with Crippen molar-refractivity contribution in [2.75, 3.05) is 0 Å². The first kappa shape index (κ1) is 18.2. The fourth-order valence-corrected chi connectivity index (χ4v) is 2.50. The van der Waals surface area contributed by atoms with Crippen molar-refractivity contribution in [2.24, 2.45) is 7.05 Å². The van der Waals surface area contributed by atoms with Gasteiger partial charge >= 0.3 is 29.6 Å². The van der Waals surface area contributed by atoms with Gasteiger partial charge in [0.15, 0.2) is 5.43 Å². The zero-order chi connectivity index (χ0) is 15.0. The standard InChI is InChI=1S/C15H14BrNO3.Na/c1-8-12(10-4-6-11(16)7-5-10)14(18)13(15(19)20)9(2)17(8)3;/h4-7H,1-3H3,(H,19,20);/q;+1/p-1. The molecule has 0 aliphatic rings. The molecule has 0 N–H and O–H groups in total. The molecular weight excluding hydrogens is 345 g/mol. The van der Waals surface area contributed by atoms with Crippen LogP contribution in [0.15, 0.2) is 33.5 Å². The summed E-state index contributed by atoms with van der Waals surface area (Å²) in [7, 11) is 1.74. The Balaban J connectivity index is 0.00000220. The van der Waals surface area contributed by atoms with Crippen LogP contribution < -0.4 is 40.1 Å². The molecular formula is C15H13BrNNaO3. The molecule has 0 radical (unpaired) electrons. The Morgan fingerprint density at radius 2 is 1.67 bits per heavy atom. The van der Waals surface area contributed by atoms with Crippen LogP contribution in [0.25, 0.3) is 11.1 Å². The number of hydrogen-bond acceptors (Lipinski definition) is 3. The summed E-state index contributed by atoms with van der Waals surface area (Å²) in [5.74, 6) is -1.44. The van der Waals surface area contributed by atoms with Gasteiger partial charge in [-0.3, -0.25) is 4.79 Å². The third kappa shape index (κ3) is 3.31. The molecule has 2 aromatic rings. The topological polar surface area (TPSA) is 62.1 Å². The summed E-state index contributed by atoms with van der Waals surface area (Å²) in [6.07, 6.45) is 0. The van der Waals surface area contributed by atoms with Crippen molar-refractivity contribution >= 4 is 21.9 Å². The number of aromatic carboxylic acids is 1. The first-order chi connectivity index (χ1) is 9.34. The molecule has 0 aliphatic heterocycles. The number of hydrogen-bond donors (Lipinski definition) is 0. The van der Waals surface area contributed by atoms with Crippen molar-refractivity contribution in [3.05, 3.63) is 55.9 Å². The predicted molar refractivity (Wildman–Crippen MR) is 78.6 cm³/mol. The molecule has 1 aromatic carbocycles. The summed E-state index contributed by atoms with van der Waals surface area (Å²) < 4.78 is 2.59. The van der Waals surface area contributed by atoms with Crippen LogP contribution in [0.4, 0.5) is 0 Å². The van der Waals surface area contributed by atoms with Gasteiger partial charge in [0, 0.05) is 28.5 Å². The Morgan fingerprint density at radius 3 is 2.14 bits per heavy atom. The number of aromatic nitrogens is 1. The number of halogens is 1. The molecule has 0 atom stereocenters. The Kier molecular flexibility index (Phi) is 5.99. The molecule has 0 bridgehead atoms. The molecule has 6 heteroatoms. The van der Waals surface area contributed by atoms with Gasteiger partial charge in [-0.2, -0.15) is 0 Å². The second-order valence-corrected chi connectivity index (χ2v) is 5.52. The number of rotatable bonds is 2. The molecule has 0 aliphatic carbocycles. The molecule has 0 spiro atoms. The molecule has 104 valence electrons. The van der Waals surface area contributed by atoms with Gasteiger partial charge in [-0.05, 0) is 31.5 Å². The quantitative estimate of drug-likeness (QED) is 0.634. The maximum absolute atomic E-state index is 12.4. The molecule has 0 unspecified atom stereocenters. The molecule has 1 heterocycles. The summed E-state index contributed by atoms with van der Waals surface area (Å²) in [6.45, 7) is 3.40. The van der Waals surface area contributed by atoms with Crippen molar-refractivity contribution < 1.29 is 39.5 Å². The molecule has 0 saturated heterocycles. The number of benzene rings is 1. The SMILES string of the molecule is Cc1c(C(=O)[O-])c(=O)c(-c2ccc(Br)cc2)c(C)n1C.[Na+]. The van der Waals surface area contributed by atoms with Crippen LogP contribution in [0, 0.1) is 13.8 Å². The third-order valence-corrected chi connectivity index (χ3v) is 4.05. The number of carbonyl (C=O) groups is 1. The Morgan fingerprint density at radius 1 is 1.14 bits per heavy atom. The van der Waals surface area contributed by atoms with Crippen LogP contribution in [0.5, 0.6) is 0 Å². The van der Waals surface area contributed by atoms with Crippen molar-refractivity contribution in [2.45, 2.75) is 13.8 Å². The van der Waals surface area contributed by atoms with E-state index in [-0.39, 0.29) is 35.1 Å². The molecule has 4 nitrogen and oxygen atoms in total. The summed E-state index contributed by atoms with van der Waals surface area (Å²) in [5, 5.41) is 11.2. The van der Waals surface area contributed by atoms with E-state index >= 15 is 0 Å². The fourth-order valence-electron chi connectivity index (χ4n) is 2.24. The fraction of sp³-hybridized carbons (Fsp3) is 0.200. The number of carboxylic acid groups (broad SMARTS) is 1. The summed E-state index contributed by atoms with van der Waals surface area (Å²) in [5.41, 5.74) is 1.42. The zero-order valence-electron chi connectivity index (χ0n) is 12.4. The number of carbonyl (C=O) groups excluding carboxylic acids is 1. The van der Waals surface area contributed by atoms with Crippen LogP contribution in [-0.2, 0) is 7.05 Å². The second kappa shape index (κ2) is 6.92. The molecule has 0 saturated carbocycles. The number of pyridine rings is 1. The zero-order valence-corrected chi connectivity index (χ0v) is 15.9. The van der Waals surface area contributed by atoms with Crippen LogP contribution in [0.1, 0.15) is 21.7 Å². The number of nitrogens with zero attached hydrogens (tertiary/aromatic N) is 1. The van der Waals surface area contributed by atoms with E-state index < -0.39 is 11.4 Å². The Hall–Kier alpha value is -0.880. The molecule has 0 fully saturated rings. The number of carboxylic acids is 1. The first-order valence-corrected chi connectivity index (χ1v) is 6.81. The Bertz CT molecular complexity index is 751. The van der Waals surface area contributed by atoms with Gasteiger partial charge in [-0.25, -0.2) is 0 Å². The van der Waals surface area contributed by atoms with Gasteiger partial charge in [0.25, 0.3) is 0 Å². The molecule has 1 aromatic heterocycles. The minimum absolute atomic E-state index is 0. The largest absolute Gasteiger partial charge is 1.00 e. The van der Waals surface area contributed by atoms with Gasteiger partial charge < -0.3 is 14.5 Å². The van der Waals surface area contributed by atoms with E-state index in [1.165, 1.54) is 0 Å². The van der Waals surface area contributed by atoms with Gasteiger partial charge in [-0.15, -0.1) is 0 Å². The van der Waals surface area contributed by atoms with E-state index in [1.807, 2.05) is 12.1 Å². The van der Waals surface area contributed by atoms with Gasteiger partial charge in [-0.1, -0.05) is 28.1 Å². The molecule has 21 heavy (non-hydrogen) atoms. The maximum Gasteiger partial charge on any atom is 1.00 e. The van der Waals surface area contributed by atoms with Crippen LogP contribution in [0.2, 0.25) is 0 Å². The van der Waals surface area contributed by atoms with Gasteiger partial charge in [0.1, 0.15) is 0 Å². The van der Waals surface area contributed by atoms with Crippen molar-refractivity contribution in [1.29, 1.82) is 0 Å². The first-order valence-electron chi connectivity index (χ1n) is 6.02. The smallest absolute Gasteiger partial charge is 0.545 e. The monoisotopic (exact) mass is 357 g/mol. The minimum atomic E-state index is -1.44. The van der Waals surface area contributed by atoms with Crippen molar-refractivity contribution in [1.82, 2.24) is 4.57 Å². The summed E-state index contributed by atoms with van der Waals surface area (Å²) >= 11 is 3.33. The normalized spacial score (nSPS) is 10.1. The van der Waals surface area contributed by atoms with Gasteiger partial charge in [0.2, 0.25) is 0 Å². The van der Waals surface area contributed by atoms with E-state index in [9.17, 15) is 14.7 Å². The van der Waals surface area contributed by atoms with Crippen molar-refractivity contribution in [3.8, 4) is 11.1 Å². The van der Waals surface area contributed by atoms with E-state index in [4.69, 9.17) is 0 Å². The molecule has 2 rings (SSSR count). The maximum atomic E-state index is 12.4. The van der Waals surface area contributed by atoms with E-state index in [0.717, 1.165) is 10.2 Å². The van der Waals surface area contributed by atoms with Crippen molar-refractivity contribution in [3.63, 3.8) is 0 Å². The average Bonchev–Trinajstić information content (AvgIpc) is 2.38. The van der Waals surface area contributed by atoms with E-state index in [2.05, 4.69) is 15.9 Å². The van der Waals surface area contributed by atoms with E-state index in [1.54, 1.807) is 37.6 Å². The molecule has 0 amide bonds. The van der Waals surface area contributed by atoms with E-state index in [0.29, 0.717) is 16.8 Å². The van der Waals surface area contributed by atoms with Crippen LogP contribution in [0.3, 0.4) is 0 Å². The Labute approximate surface area is 153 Å². The summed E-state index contributed by atoms with van der Waals surface area (Å²) in [4.78, 5) is 23.7. The van der Waals surface area contributed by atoms with Crippen LogP contribution >= 0.6 is 15.9 Å². The second-order valence-electron chi connectivity index (χ2n) is 4.60. The third-order valence-electron chi connectivity index (χ3n) is 3.52. The predicted octanol–water partition coefficient (Wildman–Crippen LogP) is -1.20. The van der Waals surface area contributed by atoms with Gasteiger partial charge in [0.05, 0.1) is 11.5 Å². The minimum Gasteiger partial charge on any atom is -0.545 e. The summed E-state index contributed by atoms with van der Waals surface area (Å²) in [6, 6.07) is 7.18.